The number of hydrogen-bond donors (Lipinski definition) is 2. The fraction of sp³-hybridized carbons (Fsp3) is 0.348. The maximum atomic E-state index is 13.4. The fourth-order valence-corrected chi connectivity index (χ4v) is 3.74. The number of nitrogens with one attached hydrogen (secondary N) is 2. The number of nitroso groups, excluding NO2 is 1. The third-order valence-electron chi connectivity index (χ3n) is 5.13. The number of imide groups is 1. The van der Waals surface area contributed by atoms with Gasteiger partial charge in [0.25, 0.3) is 5.91 Å². The van der Waals surface area contributed by atoms with Crippen LogP contribution in [0.25, 0.3) is 0 Å². The van der Waals surface area contributed by atoms with Gasteiger partial charge in [-0.2, -0.15) is 0 Å². The zero-order valence-corrected chi connectivity index (χ0v) is 20.8. The van der Waals surface area contributed by atoms with E-state index in [2.05, 4.69) is 15.8 Å². The molecule has 0 spiro atoms. The van der Waals surface area contributed by atoms with E-state index in [0.29, 0.717) is 21.5 Å². The summed E-state index contributed by atoms with van der Waals surface area (Å²) in [4.78, 5) is 50.6. The van der Waals surface area contributed by atoms with Gasteiger partial charge >= 0.3 is 12.1 Å². The third-order valence-corrected chi connectivity index (χ3v) is 5.67. The van der Waals surface area contributed by atoms with Crippen LogP contribution in [0.1, 0.15) is 26.3 Å². The van der Waals surface area contributed by atoms with Crippen molar-refractivity contribution in [3.8, 4) is 5.75 Å². The van der Waals surface area contributed by atoms with Crippen molar-refractivity contribution in [2.24, 2.45) is 11.1 Å². The summed E-state index contributed by atoms with van der Waals surface area (Å²) >= 11 is 12.3. The van der Waals surface area contributed by atoms with Gasteiger partial charge in [-0.15, -0.1) is 4.91 Å². The van der Waals surface area contributed by atoms with Crippen LogP contribution in [0.2, 0.25) is 10.0 Å². The quantitative estimate of drug-likeness (QED) is 0.445. The lowest BCUT2D eigenvalue weighted by molar-refractivity contribution is -0.121. The number of rotatable bonds is 9. The molecule has 2 atom stereocenters. The van der Waals surface area contributed by atoms with Crippen LogP contribution in [0.15, 0.2) is 47.6 Å². The molecule has 10 nitrogen and oxygen atoms in total. The molecular weight excluding hydrogens is 497 g/mol. The minimum Gasteiger partial charge on any atom is -0.489 e. The molecule has 0 radical (unpaired) electrons. The van der Waals surface area contributed by atoms with Gasteiger partial charge in [-0.1, -0.05) is 42.3 Å². The molecule has 12 heteroatoms. The molecule has 0 bridgehead atoms. The van der Waals surface area contributed by atoms with Crippen LogP contribution in [-0.2, 0) is 11.3 Å². The summed E-state index contributed by atoms with van der Waals surface area (Å²) in [5.74, 6) is -1.40. The number of amides is 5. The minimum atomic E-state index is -0.951. The van der Waals surface area contributed by atoms with E-state index >= 15 is 0 Å². The van der Waals surface area contributed by atoms with Gasteiger partial charge in [-0.05, 0) is 49.7 Å². The Morgan fingerprint density at radius 1 is 1.14 bits per heavy atom. The van der Waals surface area contributed by atoms with Crippen LogP contribution in [0.5, 0.6) is 5.75 Å². The molecule has 0 aromatic heterocycles. The number of nitrogens with zero attached hydrogens (tertiary/aromatic N) is 3. The van der Waals surface area contributed by atoms with E-state index in [1.807, 2.05) is 13.8 Å². The predicted octanol–water partition coefficient (Wildman–Crippen LogP) is 5.05. The number of carbonyl (C=O) groups is 3. The van der Waals surface area contributed by atoms with E-state index in [4.69, 9.17) is 27.9 Å². The van der Waals surface area contributed by atoms with Gasteiger partial charge in [0.15, 0.2) is 6.29 Å². The van der Waals surface area contributed by atoms with E-state index in [-0.39, 0.29) is 19.2 Å². The SMILES string of the molecule is CC(C)Oc1ccc(NC2NC(=O)N(C[C@H](C)C(=O)N=O)C(=O)N2Cc2ccc(Cl)cc2)cc1Cl. The topological polar surface area (TPSA) is 120 Å². The molecule has 1 fully saturated rings. The Kier molecular flexibility index (Phi) is 8.52. The smallest absolute Gasteiger partial charge is 0.331 e. The first-order valence-electron chi connectivity index (χ1n) is 10.8. The summed E-state index contributed by atoms with van der Waals surface area (Å²) in [5.41, 5.74) is 1.29. The lowest BCUT2D eigenvalue weighted by atomic mass is 10.1. The second-order valence-electron chi connectivity index (χ2n) is 8.29. The summed E-state index contributed by atoms with van der Waals surface area (Å²) in [5, 5.41) is 9.09. The average Bonchev–Trinajstić information content (AvgIpc) is 2.81. The van der Waals surface area contributed by atoms with Crippen molar-refractivity contribution in [3.63, 3.8) is 0 Å². The van der Waals surface area contributed by atoms with E-state index in [0.717, 1.165) is 10.5 Å². The summed E-state index contributed by atoms with van der Waals surface area (Å²) in [6, 6.07) is 10.5. The fourth-order valence-electron chi connectivity index (χ4n) is 3.39. The second-order valence-corrected chi connectivity index (χ2v) is 9.13. The largest absolute Gasteiger partial charge is 0.489 e. The molecule has 2 N–H and O–H groups in total. The van der Waals surface area contributed by atoms with Crippen molar-refractivity contribution >= 4 is 46.9 Å². The first-order chi connectivity index (χ1) is 16.6. The molecule has 5 amide bonds. The first kappa shape index (κ1) is 26.2. The van der Waals surface area contributed by atoms with Gasteiger partial charge in [0.1, 0.15) is 5.75 Å². The van der Waals surface area contributed by atoms with Crippen LogP contribution in [0, 0.1) is 10.8 Å². The first-order valence-corrected chi connectivity index (χ1v) is 11.6. The van der Waals surface area contributed by atoms with E-state index in [1.165, 1.54) is 11.8 Å². The number of halogens is 2. The Bertz CT molecular complexity index is 1110. The van der Waals surface area contributed by atoms with Crippen molar-refractivity contribution in [2.45, 2.75) is 39.7 Å². The Labute approximate surface area is 212 Å². The van der Waals surface area contributed by atoms with Crippen LogP contribution in [0.4, 0.5) is 15.3 Å². The zero-order valence-electron chi connectivity index (χ0n) is 19.3. The summed E-state index contributed by atoms with van der Waals surface area (Å²) in [6.45, 7) is 4.99. The predicted molar refractivity (Wildman–Crippen MR) is 132 cm³/mol. The maximum absolute atomic E-state index is 13.4. The molecule has 2 aromatic rings. The second kappa shape index (κ2) is 11.4. The zero-order chi connectivity index (χ0) is 25.7. The molecule has 0 aliphatic carbocycles. The highest BCUT2D eigenvalue weighted by Gasteiger charge is 2.39. The molecule has 1 heterocycles. The number of hydrogen-bond acceptors (Lipinski definition) is 6. The molecule has 1 unspecified atom stereocenters. The van der Waals surface area contributed by atoms with Crippen molar-refractivity contribution in [2.75, 3.05) is 11.9 Å². The van der Waals surface area contributed by atoms with E-state index in [1.54, 1.807) is 42.5 Å². The normalized spacial score (nSPS) is 16.7. The Morgan fingerprint density at radius 2 is 1.83 bits per heavy atom. The summed E-state index contributed by atoms with van der Waals surface area (Å²) < 4.78 is 5.64. The van der Waals surface area contributed by atoms with Gasteiger partial charge < -0.3 is 10.1 Å². The molecule has 1 saturated heterocycles. The van der Waals surface area contributed by atoms with Gasteiger partial charge in [0.05, 0.1) is 23.6 Å². The van der Waals surface area contributed by atoms with Gasteiger partial charge in [-0.25, -0.2) is 14.5 Å². The summed E-state index contributed by atoms with van der Waals surface area (Å²) in [7, 11) is 0. The third kappa shape index (κ3) is 6.61. The highest BCUT2D eigenvalue weighted by atomic mass is 35.5. The van der Waals surface area contributed by atoms with Crippen molar-refractivity contribution in [3.05, 3.63) is 63.0 Å². The van der Waals surface area contributed by atoms with Gasteiger partial charge in [0, 0.05) is 22.4 Å². The number of urea groups is 2. The number of anilines is 1. The lowest BCUT2D eigenvalue weighted by Crippen LogP contribution is -2.67. The monoisotopic (exact) mass is 521 g/mol. The molecule has 3 rings (SSSR count). The Balaban J connectivity index is 1.87. The van der Waals surface area contributed by atoms with E-state index in [9.17, 15) is 19.3 Å². The minimum absolute atomic E-state index is 0.0638. The Morgan fingerprint density at radius 3 is 2.43 bits per heavy atom. The highest BCUT2D eigenvalue weighted by molar-refractivity contribution is 6.32. The highest BCUT2D eigenvalue weighted by Crippen LogP contribution is 2.29. The number of ether oxygens (including phenoxy) is 1. The van der Waals surface area contributed by atoms with Crippen LogP contribution < -0.4 is 15.4 Å². The van der Waals surface area contributed by atoms with Crippen molar-refractivity contribution in [1.29, 1.82) is 0 Å². The van der Waals surface area contributed by atoms with Crippen LogP contribution >= 0.6 is 23.2 Å². The van der Waals surface area contributed by atoms with Gasteiger partial charge in [-0.3, -0.25) is 15.0 Å². The number of carbonyl (C=O) groups excluding carboxylic acids is 3. The van der Waals surface area contributed by atoms with Crippen molar-refractivity contribution < 1.29 is 19.1 Å². The maximum Gasteiger partial charge on any atom is 0.331 e. The van der Waals surface area contributed by atoms with Crippen molar-refractivity contribution in [1.82, 2.24) is 15.1 Å². The molecule has 2 aromatic carbocycles. The lowest BCUT2D eigenvalue weighted by Gasteiger charge is -2.41. The number of benzene rings is 2. The van der Waals surface area contributed by atoms with Crippen LogP contribution in [0.3, 0.4) is 0 Å². The Hall–Kier alpha value is -3.37. The standard InChI is InChI=1S/C23H25Cl2N5O5/c1-13(2)35-19-9-8-17(10-18(19)25)26-21-27-22(32)30(11-14(3)20(31)28-34)23(33)29(21)12-15-4-6-16(24)7-5-15/h4-10,13-14,21,26H,11-12H2,1-3H3,(H,27,32)/t14-,21?/m0/s1. The average molecular weight is 522 g/mol. The molecular formula is C23H25Cl2N5O5. The van der Waals surface area contributed by atoms with Gasteiger partial charge in [0.2, 0.25) is 0 Å². The molecule has 186 valence electrons. The molecule has 1 aliphatic rings. The summed E-state index contributed by atoms with van der Waals surface area (Å²) in [6.07, 6.45) is -1.00. The molecule has 35 heavy (non-hydrogen) atoms. The molecule has 0 saturated carbocycles. The van der Waals surface area contributed by atoms with Crippen LogP contribution in [-0.4, -0.2) is 46.7 Å². The van der Waals surface area contributed by atoms with E-state index < -0.39 is 30.2 Å². The molecule has 1 aliphatic heterocycles.